The van der Waals surface area contributed by atoms with Gasteiger partial charge in [0.05, 0.1) is 19.4 Å². The van der Waals surface area contributed by atoms with Crippen molar-refractivity contribution >= 4 is 15.8 Å². The fraction of sp³-hybridized carbons (Fsp3) is 0.583. The van der Waals surface area contributed by atoms with Gasteiger partial charge in [-0.25, -0.2) is 13.2 Å². The van der Waals surface area contributed by atoms with E-state index in [1.165, 1.54) is 7.11 Å². The van der Waals surface area contributed by atoms with Gasteiger partial charge < -0.3 is 14.5 Å². The minimum atomic E-state index is -2.96. The molecule has 0 unspecified atom stereocenters. The molecule has 0 aliphatic rings. The van der Waals surface area contributed by atoms with Gasteiger partial charge in [-0.05, 0) is 13.0 Å². The van der Waals surface area contributed by atoms with Crippen LogP contribution in [-0.2, 0) is 21.1 Å². The first kappa shape index (κ1) is 15.7. The summed E-state index contributed by atoms with van der Waals surface area (Å²) in [6, 6.07) is 1.60. The molecule has 1 aromatic heterocycles. The smallest absolute Gasteiger partial charge is 0.341 e. The van der Waals surface area contributed by atoms with E-state index >= 15 is 0 Å². The molecule has 7 heteroatoms. The zero-order valence-electron chi connectivity index (χ0n) is 11.4. The topological polar surface area (TPSA) is 85.6 Å². The fourth-order valence-electron chi connectivity index (χ4n) is 1.53. The number of methoxy groups -OCH3 is 1. The summed E-state index contributed by atoms with van der Waals surface area (Å²) >= 11 is 0. The number of hydrogen-bond donors (Lipinski definition) is 1. The molecule has 6 nitrogen and oxygen atoms in total. The molecular weight excluding hydrogens is 270 g/mol. The Bertz CT molecular complexity index is 532. The standard InChI is InChI=1S/C12H19NO5S/c1-4-19(15,16)6-5-13-8-10-7-11(9(2)18-10)12(14)17-3/h7,13H,4-6,8H2,1-3H3. The van der Waals surface area contributed by atoms with Crippen LogP contribution in [0, 0.1) is 6.92 Å². The summed E-state index contributed by atoms with van der Waals surface area (Å²) in [4.78, 5) is 11.4. The van der Waals surface area contributed by atoms with E-state index in [9.17, 15) is 13.2 Å². The third-order valence-corrected chi connectivity index (χ3v) is 4.41. The van der Waals surface area contributed by atoms with Gasteiger partial charge in [0.1, 0.15) is 17.1 Å². The van der Waals surface area contributed by atoms with Crippen LogP contribution in [0.2, 0.25) is 0 Å². The SMILES string of the molecule is CCS(=O)(=O)CCNCc1cc(C(=O)OC)c(C)o1. The van der Waals surface area contributed by atoms with Crippen molar-refractivity contribution in [1.29, 1.82) is 0 Å². The molecule has 1 rings (SSSR count). The molecule has 0 radical (unpaired) electrons. The average Bonchev–Trinajstić information content (AvgIpc) is 2.75. The monoisotopic (exact) mass is 289 g/mol. The molecule has 0 amide bonds. The number of esters is 1. The lowest BCUT2D eigenvalue weighted by atomic mass is 10.2. The van der Waals surface area contributed by atoms with Gasteiger partial charge in [-0.1, -0.05) is 6.92 Å². The Morgan fingerprint density at radius 2 is 2.16 bits per heavy atom. The molecule has 0 aromatic carbocycles. The van der Waals surface area contributed by atoms with Gasteiger partial charge in [-0.3, -0.25) is 0 Å². The van der Waals surface area contributed by atoms with Crippen molar-refractivity contribution in [1.82, 2.24) is 5.32 Å². The first-order chi connectivity index (χ1) is 8.89. The summed E-state index contributed by atoms with van der Waals surface area (Å²) in [5, 5.41) is 2.96. The minimum Gasteiger partial charge on any atom is -0.465 e. The fourth-order valence-corrected chi connectivity index (χ4v) is 2.27. The molecule has 0 aliphatic carbocycles. The van der Waals surface area contributed by atoms with Crippen LogP contribution in [0.3, 0.4) is 0 Å². The summed E-state index contributed by atoms with van der Waals surface area (Å²) in [6.45, 7) is 4.02. The van der Waals surface area contributed by atoms with Crippen molar-refractivity contribution < 1.29 is 22.4 Å². The Hall–Kier alpha value is -1.34. The highest BCUT2D eigenvalue weighted by Crippen LogP contribution is 2.15. The molecule has 0 bridgehead atoms. The number of hydrogen-bond acceptors (Lipinski definition) is 6. The lowest BCUT2D eigenvalue weighted by Crippen LogP contribution is -2.23. The van der Waals surface area contributed by atoms with Crippen LogP contribution in [0.5, 0.6) is 0 Å². The second-order valence-corrected chi connectivity index (χ2v) is 6.56. The van der Waals surface area contributed by atoms with Crippen molar-refractivity contribution in [2.24, 2.45) is 0 Å². The molecule has 1 heterocycles. The molecule has 108 valence electrons. The molecule has 0 atom stereocenters. The van der Waals surface area contributed by atoms with E-state index in [2.05, 4.69) is 10.1 Å². The lowest BCUT2D eigenvalue weighted by molar-refractivity contribution is 0.0599. The predicted octanol–water partition coefficient (Wildman–Crippen LogP) is 0.899. The van der Waals surface area contributed by atoms with Crippen molar-refractivity contribution in [3.8, 4) is 0 Å². The number of carbonyl (C=O) groups is 1. The number of carbonyl (C=O) groups excluding carboxylic acids is 1. The van der Waals surface area contributed by atoms with Crippen LogP contribution in [0.15, 0.2) is 10.5 Å². The molecule has 19 heavy (non-hydrogen) atoms. The highest BCUT2D eigenvalue weighted by molar-refractivity contribution is 7.91. The Labute approximate surface area is 113 Å². The predicted molar refractivity (Wildman–Crippen MR) is 70.8 cm³/mol. The average molecular weight is 289 g/mol. The van der Waals surface area contributed by atoms with Gasteiger partial charge in [0.25, 0.3) is 0 Å². The second kappa shape index (κ2) is 6.72. The maximum atomic E-state index is 11.4. The third kappa shape index (κ3) is 4.68. The first-order valence-corrected chi connectivity index (χ1v) is 7.80. The molecule has 0 fully saturated rings. The zero-order chi connectivity index (χ0) is 14.5. The van der Waals surface area contributed by atoms with Crippen LogP contribution >= 0.6 is 0 Å². The molecule has 0 spiro atoms. The molecule has 1 aromatic rings. The number of sulfone groups is 1. The summed E-state index contributed by atoms with van der Waals surface area (Å²) in [5.74, 6) is 0.853. The van der Waals surface area contributed by atoms with E-state index in [0.29, 0.717) is 30.2 Å². The summed E-state index contributed by atoms with van der Waals surface area (Å²) in [6.07, 6.45) is 0. The van der Waals surface area contributed by atoms with Crippen molar-refractivity contribution in [3.05, 3.63) is 23.2 Å². The number of nitrogens with one attached hydrogen (secondary N) is 1. The van der Waals surface area contributed by atoms with Crippen molar-refractivity contribution in [2.45, 2.75) is 20.4 Å². The Morgan fingerprint density at radius 3 is 2.74 bits per heavy atom. The number of furan rings is 1. The largest absolute Gasteiger partial charge is 0.465 e. The van der Waals surface area contributed by atoms with Crippen molar-refractivity contribution in [3.63, 3.8) is 0 Å². The van der Waals surface area contributed by atoms with Crippen LogP contribution < -0.4 is 5.32 Å². The van der Waals surface area contributed by atoms with Gasteiger partial charge in [-0.2, -0.15) is 0 Å². The van der Waals surface area contributed by atoms with Gasteiger partial charge in [0.2, 0.25) is 0 Å². The van der Waals surface area contributed by atoms with Crippen LogP contribution in [0.4, 0.5) is 0 Å². The minimum absolute atomic E-state index is 0.0903. The lowest BCUT2D eigenvalue weighted by Gasteiger charge is -2.02. The van der Waals surface area contributed by atoms with E-state index in [1.807, 2.05) is 0 Å². The maximum absolute atomic E-state index is 11.4. The van der Waals surface area contributed by atoms with Gasteiger partial charge in [0, 0.05) is 12.3 Å². The zero-order valence-corrected chi connectivity index (χ0v) is 12.2. The van der Waals surface area contributed by atoms with Crippen LogP contribution in [-0.4, -0.2) is 39.5 Å². The van der Waals surface area contributed by atoms with E-state index in [0.717, 1.165) is 0 Å². The molecule has 0 aliphatic heterocycles. The van der Waals surface area contributed by atoms with Gasteiger partial charge in [-0.15, -0.1) is 0 Å². The highest BCUT2D eigenvalue weighted by atomic mass is 32.2. The van der Waals surface area contributed by atoms with E-state index in [4.69, 9.17) is 4.42 Å². The summed E-state index contributed by atoms with van der Waals surface area (Å²) < 4.78 is 32.5. The highest BCUT2D eigenvalue weighted by Gasteiger charge is 2.15. The normalized spacial score (nSPS) is 11.5. The number of aryl methyl sites for hydroxylation is 1. The molecule has 0 saturated heterocycles. The quantitative estimate of drug-likeness (QED) is 0.593. The molecule has 1 N–H and O–H groups in total. The van der Waals surface area contributed by atoms with E-state index in [-0.39, 0.29) is 11.5 Å². The Morgan fingerprint density at radius 1 is 1.47 bits per heavy atom. The Balaban J connectivity index is 2.49. The molecular formula is C12H19NO5S. The summed E-state index contributed by atoms with van der Waals surface area (Å²) in [7, 11) is -1.65. The van der Waals surface area contributed by atoms with Crippen LogP contribution in [0.1, 0.15) is 28.8 Å². The number of rotatable bonds is 7. The Kier molecular flexibility index (Phi) is 5.56. The molecule has 0 saturated carbocycles. The van der Waals surface area contributed by atoms with Gasteiger partial charge in [0.15, 0.2) is 9.84 Å². The van der Waals surface area contributed by atoms with Crippen LogP contribution in [0.25, 0.3) is 0 Å². The number of ether oxygens (including phenoxy) is 1. The van der Waals surface area contributed by atoms with Crippen molar-refractivity contribution in [2.75, 3.05) is 25.2 Å². The van der Waals surface area contributed by atoms with E-state index < -0.39 is 15.8 Å². The maximum Gasteiger partial charge on any atom is 0.341 e. The second-order valence-electron chi connectivity index (χ2n) is 4.09. The van der Waals surface area contributed by atoms with Gasteiger partial charge >= 0.3 is 5.97 Å². The third-order valence-electron chi connectivity index (χ3n) is 2.70. The summed E-state index contributed by atoms with van der Waals surface area (Å²) in [5.41, 5.74) is 0.389. The first-order valence-electron chi connectivity index (χ1n) is 5.98. The van der Waals surface area contributed by atoms with E-state index in [1.54, 1.807) is 19.9 Å².